The lowest BCUT2D eigenvalue weighted by Gasteiger charge is -2.16. The minimum Gasteiger partial charge on any atom is -0.439 e. The number of benzene rings is 1. The summed E-state index contributed by atoms with van der Waals surface area (Å²) in [6.45, 7) is 6.58. The van der Waals surface area contributed by atoms with E-state index in [1.807, 2.05) is 30.3 Å². The van der Waals surface area contributed by atoms with E-state index in [9.17, 15) is 4.79 Å². The van der Waals surface area contributed by atoms with Gasteiger partial charge in [-0.15, -0.1) is 11.8 Å². The van der Waals surface area contributed by atoms with Crippen LogP contribution in [0.1, 0.15) is 26.7 Å². The van der Waals surface area contributed by atoms with Gasteiger partial charge in [0.2, 0.25) is 11.8 Å². The van der Waals surface area contributed by atoms with Crippen LogP contribution >= 0.6 is 11.8 Å². The standard InChI is InChI=1S/C16H20N2O2S/c1-16(2,3)21-11-14(19)17-10-15-18-9-13(20-15)12-7-5-4-6-8-12/h4-9H,10-11H2,1-3H3,(H,17,19). The molecule has 0 radical (unpaired) electrons. The Labute approximate surface area is 129 Å². The van der Waals surface area contributed by atoms with Gasteiger partial charge in [-0.2, -0.15) is 0 Å². The van der Waals surface area contributed by atoms with Crippen LogP contribution in [0, 0.1) is 0 Å². The molecule has 21 heavy (non-hydrogen) atoms. The highest BCUT2D eigenvalue weighted by molar-refractivity contribution is 8.01. The van der Waals surface area contributed by atoms with Crippen molar-refractivity contribution >= 4 is 17.7 Å². The summed E-state index contributed by atoms with van der Waals surface area (Å²) >= 11 is 1.62. The second kappa shape index (κ2) is 6.80. The Morgan fingerprint density at radius 2 is 2.00 bits per heavy atom. The molecule has 2 rings (SSSR count). The average molecular weight is 304 g/mol. The number of amides is 1. The zero-order valence-electron chi connectivity index (χ0n) is 12.6. The summed E-state index contributed by atoms with van der Waals surface area (Å²) in [4.78, 5) is 15.9. The van der Waals surface area contributed by atoms with Crippen molar-refractivity contribution in [3.05, 3.63) is 42.4 Å². The van der Waals surface area contributed by atoms with Crippen molar-refractivity contribution < 1.29 is 9.21 Å². The van der Waals surface area contributed by atoms with Gasteiger partial charge >= 0.3 is 0 Å². The molecule has 0 fully saturated rings. The van der Waals surface area contributed by atoms with Crippen LogP contribution < -0.4 is 5.32 Å². The summed E-state index contributed by atoms with van der Waals surface area (Å²) in [6.07, 6.45) is 1.68. The summed E-state index contributed by atoms with van der Waals surface area (Å²) < 4.78 is 5.72. The smallest absolute Gasteiger partial charge is 0.230 e. The first-order valence-corrected chi connectivity index (χ1v) is 7.83. The fourth-order valence-electron chi connectivity index (χ4n) is 1.64. The molecule has 112 valence electrons. The molecule has 0 saturated carbocycles. The molecule has 1 amide bonds. The van der Waals surface area contributed by atoms with Gasteiger partial charge in [0.05, 0.1) is 18.5 Å². The summed E-state index contributed by atoms with van der Waals surface area (Å²) in [5.74, 6) is 1.66. The number of thioether (sulfide) groups is 1. The first-order valence-electron chi connectivity index (χ1n) is 6.85. The number of hydrogen-bond donors (Lipinski definition) is 1. The second-order valence-corrected chi connectivity index (χ2v) is 7.46. The highest BCUT2D eigenvalue weighted by Crippen LogP contribution is 2.22. The van der Waals surface area contributed by atoms with Gasteiger partial charge in [-0.3, -0.25) is 4.79 Å². The molecule has 2 aromatic rings. The Morgan fingerprint density at radius 1 is 1.29 bits per heavy atom. The molecular weight excluding hydrogens is 284 g/mol. The Kier molecular flexibility index (Phi) is 5.07. The topological polar surface area (TPSA) is 55.1 Å². The lowest BCUT2D eigenvalue weighted by molar-refractivity contribution is -0.118. The quantitative estimate of drug-likeness (QED) is 0.918. The number of aromatic nitrogens is 1. The molecule has 4 nitrogen and oxygen atoms in total. The predicted octanol–water partition coefficient (Wildman–Crippen LogP) is 3.49. The molecule has 0 aliphatic heterocycles. The second-order valence-electron chi connectivity index (χ2n) is 5.66. The first-order chi connectivity index (χ1) is 9.94. The van der Waals surface area contributed by atoms with Crippen LogP contribution in [-0.4, -0.2) is 21.4 Å². The van der Waals surface area contributed by atoms with Gasteiger partial charge in [-0.05, 0) is 0 Å². The molecule has 0 atom stereocenters. The van der Waals surface area contributed by atoms with Crippen molar-refractivity contribution in [1.29, 1.82) is 0 Å². The number of nitrogens with zero attached hydrogens (tertiary/aromatic N) is 1. The van der Waals surface area contributed by atoms with Gasteiger partial charge in [0, 0.05) is 10.3 Å². The van der Waals surface area contributed by atoms with Crippen molar-refractivity contribution in [2.45, 2.75) is 32.1 Å². The predicted molar refractivity (Wildman–Crippen MR) is 86.0 cm³/mol. The van der Waals surface area contributed by atoms with Crippen LogP contribution in [0.15, 0.2) is 40.9 Å². The fraction of sp³-hybridized carbons (Fsp3) is 0.375. The third kappa shape index (κ3) is 5.27. The van der Waals surface area contributed by atoms with E-state index in [2.05, 4.69) is 31.1 Å². The normalized spacial score (nSPS) is 11.4. The van der Waals surface area contributed by atoms with Crippen molar-refractivity contribution in [3.63, 3.8) is 0 Å². The average Bonchev–Trinajstić information content (AvgIpc) is 2.92. The van der Waals surface area contributed by atoms with E-state index in [1.54, 1.807) is 18.0 Å². The molecule has 0 aliphatic rings. The number of carbonyl (C=O) groups excluding carboxylic acids is 1. The molecular formula is C16H20N2O2S. The van der Waals surface area contributed by atoms with Crippen LogP contribution in [0.5, 0.6) is 0 Å². The lowest BCUT2D eigenvalue weighted by Crippen LogP contribution is -2.26. The van der Waals surface area contributed by atoms with Gasteiger partial charge in [0.25, 0.3) is 0 Å². The third-order valence-corrected chi connectivity index (χ3v) is 3.96. The van der Waals surface area contributed by atoms with E-state index in [4.69, 9.17) is 4.42 Å². The molecule has 0 saturated heterocycles. The zero-order valence-corrected chi connectivity index (χ0v) is 13.4. The van der Waals surface area contributed by atoms with Crippen LogP contribution in [0.3, 0.4) is 0 Å². The molecule has 1 aromatic carbocycles. The summed E-state index contributed by atoms with van der Waals surface area (Å²) in [5.41, 5.74) is 0.978. The van der Waals surface area contributed by atoms with Gasteiger partial charge in [0.15, 0.2) is 5.76 Å². The van der Waals surface area contributed by atoms with Crippen molar-refractivity contribution in [3.8, 4) is 11.3 Å². The van der Waals surface area contributed by atoms with E-state index in [-0.39, 0.29) is 10.7 Å². The number of hydrogen-bond acceptors (Lipinski definition) is 4. The van der Waals surface area contributed by atoms with Crippen LogP contribution in [-0.2, 0) is 11.3 Å². The largest absolute Gasteiger partial charge is 0.439 e. The van der Waals surface area contributed by atoms with E-state index in [0.29, 0.717) is 23.9 Å². The molecule has 1 aromatic heterocycles. The Bertz CT molecular complexity index is 588. The summed E-state index contributed by atoms with van der Waals surface area (Å²) in [6, 6.07) is 9.77. The minimum absolute atomic E-state index is 0.00520. The van der Waals surface area contributed by atoms with Crippen molar-refractivity contribution in [2.75, 3.05) is 5.75 Å². The highest BCUT2D eigenvalue weighted by atomic mass is 32.2. The molecule has 0 spiro atoms. The minimum atomic E-state index is -0.00520. The zero-order chi connectivity index (χ0) is 15.3. The molecule has 1 heterocycles. The maximum Gasteiger partial charge on any atom is 0.230 e. The Hall–Kier alpha value is -1.75. The molecule has 0 bridgehead atoms. The Balaban J connectivity index is 1.85. The number of carbonyl (C=O) groups is 1. The van der Waals surface area contributed by atoms with E-state index < -0.39 is 0 Å². The lowest BCUT2D eigenvalue weighted by atomic mass is 10.2. The van der Waals surface area contributed by atoms with E-state index in [1.165, 1.54) is 0 Å². The van der Waals surface area contributed by atoms with Crippen LogP contribution in [0.2, 0.25) is 0 Å². The monoisotopic (exact) mass is 304 g/mol. The maximum atomic E-state index is 11.7. The van der Waals surface area contributed by atoms with Crippen LogP contribution in [0.25, 0.3) is 11.3 Å². The Morgan fingerprint density at radius 3 is 2.67 bits per heavy atom. The van der Waals surface area contributed by atoms with Gasteiger partial charge in [-0.1, -0.05) is 51.1 Å². The molecule has 0 unspecified atom stereocenters. The van der Waals surface area contributed by atoms with Gasteiger partial charge < -0.3 is 9.73 Å². The van der Waals surface area contributed by atoms with Crippen LogP contribution in [0.4, 0.5) is 0 Å². The van der Waals surface area contributed by atoms with Gasteiger partial charge in [-0.25, -0.2) is 4.98 Å². The summed E-state index contributed by atoms with van der Waals surface area (Å²) in [7, 11) is 0. The number of oxazole rings is 1. The number of nitrogens with one attached hydrogen (secondary N) is 1. The van der Waals surface area contributed by atoms with Gasteiger partial charge in [0.1, 0.15) is 0 Å². The SMILES string of the molecule is CC(C)(C)SCC(=O)NCc1ncc(-c2ccccc2)o1. The van der Waals surface area contributed by atoms with Crippen molar-refractivity contribution in [1.82, 2.24) is 10.3 Å². The molecule has 1 N–H and O–H groups in total. The fourth-order valence-corrected chi connectivity index (χ4v) is 2.30. The van der Waals surface area contributed by atoms with E-state index in [0.717, 1.165) is 5.56 Å². The summed E-state index contributed by atoms with van der Waals surface area (Å²) in [5, 5.41) is 2.82. The number of rotatable bonds is 5. The molecule has 0 aliphatic carbocycles. The van der Waals surface area contributed by atoms with E-state index >= 15 is 0 Å². The van der Waals surface area contributed by atoms with Crippen molar-refractivity contribution in [2.24, 2.45) is 0 Å². The maximum absolute atomic E-state index is 11.7. The first kappa shape index (κ1) is 15.6. The molecule has 5 heteroatoms. The highest BCUT2D eigenvalue weighted by Gasteiger charge is 2.14. The third-order valence-electron chi connectivity index (χ3n) is 2.68.